The number of rotatable bonds is 6. The average molecular weight is 372 g/mol. The van der Waals surface area contributed by atoms with Gasteiger partial charge in [0.05, 0.1) is 13.2 Å². The summed E-state index contributed by atoms with van der Waals surface area (Å²) in [5, 5.41) is 4.43. The quantitative estimate of drug-likeness (QED) is 0.781. The third-order valence-electron chi connectivity index (χ3n) is 5.27. The molecule has 0 saturated heterocycles. The molecule has 146 valence electrons. The molecule has 1 amide bonds. The van der Waals surface area contributed by atoms with Gasteiger partial charge in [-0.05, 0) is 44.4 Å². The number of aromatic nitrogens is 3. The van der Waals surface area contributed by atoms with Crippen molar-refractivity contribution in [1.29, 1.82) is 0 Å². The Morgan fingerprint density at radius 3 is 2.89 bits per heavy atom. The van der Waals surface area contributed by atoms with Gasteiger partial charge in [-0.3, -0.25) is 9.36 Å². The molecule has 0 saturated carbocycles. The summed E-state index contributed by atoms with van der Waals surface area (Å²) in [4.78, 5) is 27.3. The molecule has 2 heterocycles. The van der Waals surface area contributed by atoms with Crippen LogP contribution in [0.15, 0.2) is 29.1 Å². The average Bonchev–Trinajstić information content (AvgIpc) is 2.85. The molecular formula is C20H28N4O3. The molecule has 0 bridgehead atoms. The number of hydrogen-bond donors (Lipinski definition) is 0. The van der Waals surface area contributed by atoms with E-state index in [4.69, 9.17) is 4.74 Å². The minimum absolute atomic E-state index is 0.0268. The monoisotopic (exact) mass is 372 g/mol. The number of likely N-dealkylation sites (N-methyl/N-ethyl adjacent to an activating group) is 1. The molecule has 1 aliphatic rings. The first-order valence-electron chi connectivity index (χ1n) is 9.65. The van der Waals surface area contributed by atoms with Crippen molar-refractivity contribution in [3.8, 4) is 5.75 Å². The van der Waals surface area contributed by atoms with Gasteiger partial charge in [0.2, 0.25) is 5.91 Å². The topological polar surface area (TPSA) is 69.4 Å². The standard InChI is InChI=1S/C20H28N4O3/c1-4-22(15(2)16-9-8-10-17(13-16)27-3)19(25)14-24-20(26)23-12-7-5-6-11-18(23)21-24/h8-10,13,15H,4-7,11-12,14H2,1-3H3. The number of ether oxygens (including phenoxy) is 1. The number of benzene rings is 1. The largest absolute Gasteiger partial charge is 0.497 e. The normalized spacial score (nSPS) is 14.9. The Hall–Kier alpha value is -2.57. The van der Waals surface area contributed by atoms with Crippen LogP contribution in [0.2, 0.25) is 0 Å². The molecule has 0 fully saturated rings. The molecule has 0 spiro atoms. The molecule has 3 rings (SSSR count). The van der Waals surface area contributed by atoms with Crippen molar-refractivity contribution in [2.24, 2.45) is 0 Å². The zero-order valence-electron chi connectivity index (χ0n) is 16.4. The molecule has 0 N–H and O–H groups in total. The summed E-state index contributed by atoms with van der Waals surface area (Å²) in [5.74, 6) is 1.45. The number of hydrogen-bond acceptors (Lipinski definition) is 4. The Bertz CT molecular complexity index is 855. The maximum Gasteiger partial charge on any atom is 0.346 e. The molecule has 7 nitrogen and oxygen atoms in total. The van der Waals surface area contributed by atoms with Gasteiger partial charge in [-0.2, -0.15) is 5.10 Å². The summed E-state index contributed by atoms with van der Waals surface area (Å²) in [7, 11) is 1.63. The fourth-order valence-corrected chi connectivity index (χ4v) is 3.69. The lowest BCUT2D eigenvalue weighted by atomic mass is 10.1. The highest BCUT2D eigenvalue weighted by Gasteiger charge is 2.23. The third kappa shape index (κ3) is 4.07. The van der Waals surface area contributed by atoms with Gasteiger partial charge in [-0.15, -0.1) is 0 Å². The van der Waals surface area contributed by atoms with Crippen LogP contribution < -0.4 is 10.4 Å². The highest BCUT2D eigenvalue weighted by atomic mass is 16.5. The van der Waals surface area contributed by atoms with Crippen molar-refractivity contribution in [2.45, 2.75) is 58.7 Å². The van der Waals surface area contributed by atoms with Crippen LogP contribution in [0.4, 0.5) is 0 Å². The van der Waals surface area contributed by atoms with Gasteiger partial charge in [0.15, 0.2) is 0 Å². The second-order valence-corrected chi connectivity index (χ2v) is 6.95. The van der Waals surface area contributed by atoms with Crippen molar-refractivity contribution in [1.82, 2.24) is 19.2 Å². The molecule has 2 aromatic rings. The van der Waals surface area contributed by atoms with Crippen LogP contribution in [0.5, 0.6) is 5.75 Å². The predicted octanol–water partition coefficient (Wildman–Crippen LogP) is 2.39. The minimum Gasteiger partial charge on any atom is -0.497 e. The van der Waals surface area contributed by atoms with E-state index in [1.807, 2.05) is 38.1 Å². The number of amides is 1. The SMILES string of the molecule is CCN(C(=O)Cn1nc2n(c1=O)CCCCC2)C(C)c1cccc(OC)c1. The van der Waals surface area contributed by atoms with Crippen molar-refractivity contribution < 1.29 is 9.53 Å². The highest BCUT2D eigenvalue weighted by Crippen LogP contribution is 2.24. The van der Waals surface area contributed by atoms with Gasteiger partial charge in [0.25, 0.3) is 0 Å². The number of fused-ring (bicyclic) bond motifs is 1. The van der Waals surface area contributed by atoms with Gasteiger partial charge >= 0.3 is 5.69 Å². The van der Waals surface area contributed by atoms with E-state index in [0.717, 1.165) is 42.8 Å². The Morgan fingerprint density at radius 1 is 1.33 bits per heavy atom. The van der Waals surface area contributed by atoms with E-state index in [0.29, 0.717) is 13.1 Å². The lowest BCUT2D eigenvalue weighted by Gasteiger charge is -2.28. The van der Waals surface area contributed by atoms with E-state index < -0.39 is 0 Å². The van der Waals surface area contributed by atoms with Gasteiger partial charge in [0.1, 0.15) is 18.1 Å². The maximum atomic E-state index is 12.9. The van der Waals surface area contributed by atoms with E-state index in [1.54, 1.807) is 16.6 Å². The lowest BCUT2D eigenvalue weighted by Crippen LogP contribution is -2.38. The Labute approximate surface area is 159 Å². The number of nitrogens with zero attached hydrogens (tertiary/aromatic N) is 4. The van der Waals surface area contributed by atoms with Gasteiger partial charge in [-0.1, -0.05) is 18.6 Å². The van der Waals surface area contributed by atoms with Crippen LogP contribution in [0.1, 0.15) is 50.5 Å². The van der Waals surface area contributed by atoms with Crippen LogP contribution in [0.25, 0.3) is 0 Å². The molecule has 1 atom stereocenters. The molecule has 1 unspecified atom stereocenters. The number of methoxy groups -OCH3 is 1. The molecule has 27 heavy (non-hydrogen) atoms. The van der Waals surface area contributed by atoms with Crippen molar-refractivity contribution in [3.05, 3.63) is 46.1 Å². The van der Waals surface area contributed by atoms with Crippen LogP contribution in [-0.4, -0.2) is 38.8 Å². The van der Waals surface area contributed by atoms with Crippen molar-refractivity contribution in [3.63, 3.8) is 0 Å². The first kappa shape index (κ1) is 19.2. The Morgan fingerprint density at radius 2 is 2.15 bits per heavy atom. The van der Waals surface area contributed by atoms with Crippen molar-refractivity contribution >= 4 is 5.91 Å². The Kier molecular flexibility index (Phi) is 5.98. The smallest absolute Gasteiger partial charge is 0.346 e. The van der Waals surface area contributed by atoms with E-state index >= 15 is 0 Å². The Balaban J connectivity index is 1.78. The first-order chi connectivity index (χ1) is 13.0. The third-order valence-corrected chi connectivity index (χ3v) is 5.27. The predicted molar refractivity (Wildman–Crippen MR) is 103 cm³/mol. The van der Waals surface area contributed by atoms with Gasteiger partial charge in [0, 0.05) is 19.5 Å². The van der Waals surface area contributed by atoms with Gasteiger partial charge in [-0.25, -0.2) is 9.48 Å². The summed E-state index contributed by atoms with van der Waals surface area (Å²) in [5.41, 5.74) is 0.822. The van der Waals surface area contributed by atoms with Crippen LogP contribution in [0, 0.1) is 0 Å². The summed E-state index contributed by atoms with van der Waals surface area (Å²) in [6, 6.07) is 7.60. The molecule has 1 aliphatic heterocycles. The molecule has 0 radical (unpaired) electrons. The summed E-state index contributed by atoms with van der Waals surface area (Å²) < 4.78 is 8.33. The summed E-state index contributed by atoms with van der Waals surface area (Å²) in [6.45, 7) is 5.15. The van der Waals surface area contributed by atoms with Crippen molar-refractivity contribution in [2.75, 3.05) is 13.7 Å². The van der Waals surface area contributed by atoms with E-state index in [-0.39, 0.29) is 24.2 Å². The highest BCUT2D eigenvalue weighted by molar-refractivity contribution is 5.76. The maximum absolute atomic E-state index is 12.9. The zero-order chi connectivity index (χ0) is 19.4. The first-order valence-corrected chi connectivity index (χ1v) is 9.65. The molecule has 1 aromatic carbocycles. The lowest BCUT2D eigenvalue weighted by molar-refractivity contribution is -0.134. The fourth-order valence-electron chi connectivity index (χ4n) is 3.69. The second-order valence-electron chi connectivity index (χ2n) is 6.95. The van der Waals surface area contributed by atoms with E-state index in [2.05, 4.69) is 5.10 Å². The second kappa shape index (κ2) is 8.41. The van der Waals surface area contributed by atoms with Crippen LogP contribution in [-0.2, 0) is 24.3 Å². The number of aryl methyl sites for hydroxylation is 1. The molecule has 7 heteroatoms. The van der Waals surface area contributed by atoms with E-state index in [1.165, 1.54) is 4.68 Å². The van der Waals surface area contributed by atoms with Gasteiger partial charge < -0.3 is 9.64 Å². The van der Waals surface area contributed by atoms with Crippen LogP contribution in [0.3, 0.4) is 0 Å². The minimum atomic E-state index is -0.176. The number of carbonyl (C=O) groups is 1. The summed E-state index contributed by atoms with van der Waals surface area (Å²) >= 11 is 0. The molecule has 1 aromatic heterocycles. The van der Waals surface area contributed by atoms with E-state index in [9.17, 15) is 9.59 Å². The zero-order valence-corrected chi connectivity index (χ0v) is 16.4. The molecular weight excluding hydrogens is 344 g/mol. The fraction of sp³-hybridized carbons (Fsp3) is 0.550. The number of carbonyl (C=O) groups excluding carboxylic acids is 1. The summed E-state index contributed by atoms with van der Waals surface area (Å²) in [6.07, 6.45) is 3.94. The van der Waals surface area contributed by atoms with Crippen LogP contribution >= 0.6 is 0 Å². The molecule has 0 aliphatic carbocycles.